The van der Waals surface area contributed by atoms with Crippen LogP contribution in [0.4, 0.5) is 5.69 Å². The van der Waals surface area contributed by atoms with E-state index >= 15 is 0 Å². The lowest BCUT2D eigenvalue weighted by Gasteiger charge is -2.21. The van der Waals surface area contributed by atoms with Crippen molar-refractivity contribution in [3.63, 3.8) is 0 Å². The Bertz CT molecular complexity index is 1090. The molecule has 0 spiro atoms. The van der Waals surface area contributed by atoms with Crippen molar-refractivity contribution >= 4 is 28.9 Å². The Kier molecular flexibility index (Phi) is 5.11. The fraction of sp³-hybridized carbons (Fsp3) is 0.227. The molecule has 29 heavy (non-hydrogen) atoms. The molecule has 3 aromatic rings. The maximum absolute atomic E-state index is 13.1. The Morgan fingerprint density at radius 2 is 2.00 bits per heavy atom. The summed E-state index contributed by atoms with van der Waals surface area (Å²) >= 11 is 6.26. The number of rotatable bonds is 5. The molecule has 1 N–H and O–H groups in total. The molecule has 148 valence electrons. The van der Waals surface area contributed by atoms with Gasteiger partial charge in [-0.3, -0.25) is 4.79 Å². The van der Waals surface area contributed by atoms with Crippen LogP contribution in [-0.2, 0) is 16.2 Å². The SMILES string of the molecule is Cc1nccn1Cc1ccccc1NC(=O)C1(C)CC(c2ccccc2Cl)=NO1. The molecule has 0 saturated heterocycles. The highest BCUT2D eigenvalue weighted by Crippen LogP contribution is 2.31. The second-order valence-corrected chi connectivity index (χ2v) is 7.64. The van der Waals surface area contributed by atoms with Crippen LogP contribution in [0.2, 0.25) is 5.02 Å². The van der Waals surface area contributed by atoms with Gasteiger partial charge in [0.25, 0.3) is 5.91 Å². The van der Waals surface area contributed by atoms with Crippen molar-refractivity contribution in [2.45, 2.75) is 32.4 Å². The van der Waals surface area contributed by atoms with Gasteiger partial charge in [0.15, 0.2) is 0 Å². The van der Waals surface area contributed by atoms with Gasteiger partial charge in [0.1, 0.15) is 5.82 Å². The summed E-state index contributed by atoms with van der Waals surface area (Å²) in [7, 11) is 0. The molecule has 1 aromatic heterocycles. The van der Waals surface area contributed by atoms with Gasteiger partial charge in [-0.2, -0.15) is 0 Å². The summed E-state index contributed by atoms with van der Waals surface area (Å²) in [6.07, 6.45) is 4.02. The standard InChI is InChI=1S/C22H21ClN4O2/c1-15-24-11-12-27(15)14-16-7-3-6-10-19(16)25-21(28)22(2)13-20(26-29-22)17-8-4-5-9-18(17)23/h3-12H,13-14H2,1-2H3,(H,25,28). The van der Waals surface area contributed by atoms with Crippen molar-refractivity contribution in [2.24, 2.45) is 5.16 Å². The molecule has 0 saturated carbocycles. The molecule has 2 aromatic carbocycles. The molecule has 4 rings (SSSR count). The van der Waals surface area contributed by atoms with Crippen LogP contribution in [0.5, 0.6) is 0 Å². The zero-order valence-corrected chi connectivity index (χ0v) is 17.0. The number of benzene rings is 2. The zero-order valence-electron chi connectivity index (χ0n) is 16.2. The average molecular weight is 409 g/mol. The molecule has 6 nitrogen and oxygen atoms in total. The normalized spacial score (nSPS) is 18.2. The maximum atomic E-state index is 13.1. The molecule has 1 unspecified atom stereocenters. The summed E-state index contributed by atoms with van der Waals surface area (Å²) < 4.78 is 2.03. The van der Waals surface area contributed by atoms with E-state index in [1.165, 1.54) is 0 Å². The molecule has 0 aliphatic carbocycles. The van der Waals surface area contributed by atoms with Gasteiger partial charge >= 0.3 is 0 Å². The summed E-state index contributed by atoms with van der Waals surface area (Å²) in [5.41, 5.74) is 2.06. The Labute approximate surface area is 174 Å². The van der Waals surface area contributed by atoms with Gasteiger partial charge in [-0.15, -0.1) is 0 Å². The number of hydrogen-bond acceptors (Lipinski definition) is 4. The van der Waals surface area contributed by atoms with Crippen molar-refractivity contribution in [2.75, 3.05) is 5.32 Å². The molecule has 1 atom stereocenters. The predicted molar refractivity (Wildman–Crippen MR) is 113 cm³/mol. The zero-order chi connectivity index (χ0) is 20.4. The summed E-state index contributed by atoms with van der Waals surface area (Å²) in [4.78, 5) is 22.9. The third-order valence-corrected chi connectivity index (χ3v) is 5.39. The largest absolute Gasteiger partial charge is 0.379 e. The van der Waals surface area contributed by atoms with E-state index in [4.69, 9.17) is 16.4 Å². The lowest BCUT2D eigenvalue weighted by molar-refractivity contribution is -0.135. The number of aryl methyl sites for hydroxylation is 1. The fourth-order valence-electron chi connectivity index (χ4n) is 3.29. The molecule has 0 bridgehead atoms. The lowest BCUT2D eigenvalue weighted by atomic mass is 9.95. The molecule has 1 aliphatic rings. The third-order valence-electron chi connectivity index (χ3n) is 5.06. The second kappa shape index (κ2) is 7.72. The maximum Gasteiger partial charge on any atom is 0.271 e. The van der Waals surface area contributed by atoms with Crippen molar-refractivity contribution in [1.82, 2.24) is 9.55 Å². The van der Waals surface area contributed by atoms with Crippen LogP contribution in [0.1, 0.15) is 30.3 Å². The number of oxime groups is 1. The smallest absolute Gasteiger partial charge is 0.271 e. The van der Waals surface area contributed by atoms with Crippen molar-refractivity contribution < 1.29 is 9.63 Å². The number of carbonyl (C=O) groups excluding carboxylic acids is 1. The van der Waals surface area contributed by atoms with E-state index in [2.05, 4.69) is 15.5 Å². The highest BCUT2D eigenvalue weighted by molar-refractivity contribution is 6.34. The van der Waals surface area contributed by atoms with Gasteiger partial charge in [0, 0.05) is 35.1 Å². The fourth-order valence-corrected chi connectivity index (χ4v) is 3.54. The summed E-state index contributed by atoms with van der Waals surface area (Å²) in [6.45, 7) is 4.29. The Morgan fingerprint density at radius 1 is 1.24 bits per heavy atom. The first-order valence-corrected chi connectivity index (χ1v) is 9.71. The number of carbonyl (C=O) groups is 1. The topological polar surface area (TPSA) is 68.5 Å². The number of para-hydroxylation sites is 1. The van der Waals surface area contributed by atoms with E-state index in [1.807, 2.05) is 60.2 Å². The highest BCUT2D eigenvalue weighted by Gasteiger charge is 2.42. The minimum atomic E-state index is -1.10. The number of aromatic nitrogens is 2. The average Bonchev–Trinajstić information content (AvgIpc) is 3.30. The van der Waals surface area contributed by atoms with Crippen LogP contribution in [0.25, 0.3) is 0 Å². The predicted octanol–water partition coefficient (Wildman–Crippen LogP) is 4.42. The van der Waals surface area contributed by atoms with Gasteiger partial charge < -0.3 is 14.7 Å². The van der Waals surface area contributed by atoms with Crippen LogP contribution < -0.4 is 5.32 Å². The Balaban J connectivity index is 1.51. The minimum absolute atomic E-state index is 0.252. The molecule has 0 fully saturated rings. The third kappa shape index (κ3) is 3.89. The van der Waals surface area contributed by atoms with Crippen molar-refractivity contribution in [1.29, 1.82) is 0 Å². The van der Waals surface area contributed by atoms with Gasteiger partial charge in [0.2, 0.25) is 5.60 Å². The second-order valence-electron chi connectivity index (χ2n) is 7.23. The number of nitrogens with one attached hydrogen (secondary N) is 1. The van der Waals surface area contributed by atoms with E-state index in [1.54, 1.807) is 19.2 Å². The van der Waals surface area contributed by atoms with Gasteiger partial charge in [-0.25, -0.2) is 4.98 Å². The Hall–Kier alpha value is -3.12. The van der Waals surface area contributed by atoms with Crippen LogP contribution in [-0.4, -0.2) is 26.8 Å². The monoisotopic (exact) mass is 408 g/mol. The Morgan fingerprint density at radius 3 is 2.76 bits per heavy atom. The minimum Gasteiger partial charge on any atom is -0.379 e. The summed E-state index contributed by atoms with van der Waals surface area (Å²) in [6, 6.07) is 15.1. The molecule has 0 radical (unpaired) electrons. The van der Waals surface area contributed by atoms with Crippen LogP contribution in [0, 0.1) is 6.92 Å². The van der Waals surface area contributed by atoms with Gasteiger partial charge in [-0.1, -0.05) is 53.2 Å². The number of anilines is 1. The van der Waals surface area contributed by atoms with E-state index in [0.717, 1.165) is 22.6 Å². The number of hydrogen-bond donors (Lipinski definition) is 1. The first-order chi connectivity index (χ1) is 14.0. The molecule has 7 heteroatoms. The van der Waals surface area contributed by atoms with Crippen LogP contribution in [0.3, 0.4) is 0 Å². The quantitative estimate of drug-likeness (QED) is 0.679. The first-order valence-electron chi connectivity index (χ1n) is 9.33. The molecular weight excluding hydrogens is 388 g/mol. The van der Waals surface area contributed by atoms with E-state index < -0.39 is 5.60 Å². The number of halogens is 1. The molecule has 1 amide bonds. The molecule has 1 aliphatic heterocycles. The number of amides is 1. The first kappa shape index (κ1) is 19.2. The van der Waals surface area contributed by atoms with Crippen molar-refractivity contribution in [3.8, 4) is 0 Å². The molecular formula is C22H21ClN4O2. The molecule has 2 heterocycles. The number of nitrogens with zero attached hydrogens (tertiary/aromatic N) is 3. The van der Waals surface area contributed by atoms with E-state index in [-0.39, 0.29) is 5.91 Å². The van der Waals surface area contributed by atoms with Gasteiger partial charge in [0.05, 0.1) is 12.3 Å². The lowest BCUT2D eigenvalue weighted by Crippen LogP contribution is -2.40. The summed E-state index contributed by atoms with van der Waals surface area (Å²) in [5, 5.41) is 7.73. The number of imidazole rings is 1. The van der Waals surface area contributed by atoms with Crippen LogP contribution in [0.15, 0.2) is 66.1 Å². The van der Waals surface area contributed by atoms with Crippen LogP contribution >= 0.6 is 11.6 Å². The van der Waals surface area contributed by atoms with E-state index in [9.17, 15) is 4.79 Å². The van der Waals surface area contributed by atoms with E-state index in [0.29, 0.717) is 23.7 Å². The van der Waals surface area contributed by atoms with Crippen molar-refractivity contribution in [3.05, 3.63) is 82.9 Å². The summed E-state index contributed by atoms with van der Waals surface area (Å²) in [5.74, 6) is 0.660. The highest BCUT2D eigenvalue weighted by atomic mass is 35.5. The van der Waals surface area contributed by atoms with Gasteiger partial charge in [-0.05, 0) is 31.5 Å².